The lowest BCUT2D eigenvalue weighted by atomic mass is 9.97. The van der Waals surface area contributed by atoms with Gasteiger partial charge in [-0.3, -0.25) is 4.79 Å². The molecule has 0 saturated heterocycles. The quantitative estimate of drug-likeness (QED) is 0.368. The first-order valence-electron chi connectivity index (χ1n) is 12.0. The van der Waals surface area contributed by atoms with Crippen LogP contribution in [-0.2, 0) is 16.1 Å². The van der Waals surface area contributed by atoms with Crippen LogP contribution in [-0.4, -0.2) is 31.4 Å². The Morgan fingerprint density at radius 3 is 2.35 bits per heavy atom. The predicted molar refractivity (Wildman–Crippen MR) is 131 cm³/mol. The van der Waals surface area contributed by atoms with Crippen molar-refractivity contribution in [3.05, 3.63) is 71.3 Å². The van der Waals surface area contributed by atoms with Gasteiger partial charge in [-0.15, -0.1) is 13.2 Å². The molecule has 1 aliphatic rings. The maximum absolute atomic E-state index is 13.4. The summed E-state index contributed by atoms with van der Waals surface area (Å²) in [5, 5.41) is 4.42. The molecule has 0 bridgehead atoms. The maximum Gasteiger partial charge on any atom is 0.573 e. The number of hydrogen-bond acceptors (Lipinski definition) is 5. The number of nitrogens with one attached hydrogen (secondary N) is 1. The summed E-state index contributed by atoms with van der Waals surface area (Å²) in [6.45, 7) is 1.92. The molecule has 1 amide bonds. The number of methoxy groups -OCH3 is 1. The van der Waals surface area contributed by atoms with Gasteiger partial charge in [0.1, 0.15) is 24.1 Å². The molecular formula is C28H28F3NO5. The van der Waals surface area contributed by atoms with Crippen LogP contribution in [0, 0.1) is 12.8 Å². The molecule has 1 fully saturated rings. The van der Waals surface area contributed by atoms with E-state index < -0.39 is 24.3 Å². The van der Waals surface area contributed by atoms with Gasteiger partial charge in [0.15, 0.2) is 0 Å². The molecule has 4 rings (SSSR count). The molecule has 1 N–H and O–H groups in total. The van der Waals surface area contributed by atoms with Gasteiger partial charge in [-0.05, 0) is 60.9 Å². The summed E-state index contributed by atoms with van der Waals surface area (Å²) in [6.07, 6.45) is -1.14. The fraction of sp³-hybridized carbons (Fsp3) is 0.357. The Morgan fingerprint density at radius 2 is 1.70 bits per heavy atom. The van der Waals surface area contributed by atoms with Gasteiger partial charge in [-0.25, -0.2) is 4.79 Å². The van der Waals surface area contributed by atoms with Crippen molar-refractivity contribution >= 4 is 22.6 Å². The Labute approximate surface area is 212 Å². The highest BCUT2D eigenvalue weighted by molar-refractivity contribution is 6.05. The summed E-state index contributed by atoms with van der Waals surface area (Å²) in [7, 11) is 1.30. The number of amides is 1. The summed E-state index contributed by atoms with van der Waals surface area (Å²) in [5.41, 5.74) is 1.80. The molecule has 0 aliphatic heterocycles. The van der Waals surface area contributed by atoms with Gasteiger partial charge in [-0.2, -0.15) is 0 Å². The van der Waals surface area contributed by atoms with Crippen LogP contribution in [0.25, 0.3) is 10.8 Å². The molecule has 37 heavy (non-hydrogen) atoms. The van der Waals surface area contributed by atoms with Gasteiger partial charge in [0.05, 0.1) is 12.7 Å². The zero-order valence-electron chi connectivity index (χ0n) is 20.6. The smallest absolute Gasteiger partial charge is 0.487 e. The number of aryl methyl sites for hydroxylation is 1. The van der Waals surface area contributed by atoms with Gasteiger partial charge in [0, 0.05) is 5.39 Å². The van der Waals surface area contributed by atoms with Gasteiger partial charge in [0.2, 0.25) is 0 Å². The molecule has 1 aliphatic carbocycles. The molecule has 0 heterocycles. The molecule has 0 unspecified atom stereocenters. The Balaban J connectivity index is 1.62. The van der Waals surface area contributed by atoms with Crippen LogP contribution in [0.1, 0.15) is 47.2 Å². The minimum absolute atomic E-state index is 0.000834. The molecule has 1 saturated carbocycles. The van der Waals surface area contributed by atoms with Crippen LogP contribution in [0.5, 0.6) is 11.5 Å². The monoisotopic (exact) mass is 515 g/mol. The van der Waals surface area contributed by atoms with Gasteiger partial charge >= 0.3 is 12.3 Å². The summed E-state index contributed by atoms with van der Waals surface area (Å²) in [4.78, 5) is 25.9. The number of esters is 1. The van der Waals surface area contributed by atoms with E-state index in [1.165, 1.54) is 31.4 Å². The van der Waals surface area contributed by atoms with E-state index >= 15 is 0 Å². The number of fused-ring (bicyclic) bond motifs is 1. The molecular weight excluding hydrogens is 487 g/mol. The second-order valence-electron chi connectivity index (χ2n) is 9.17. The van der Waals surface area contributed by atoms with Crippen LogP contribution in [0.2, 0.25) is 0 Å². The van der Waals surface area contributed by atoms with Crippen molar-refractivity contribution in [3.8, 4) is 11.5 Å². The molecule has 3 aromatic rings. The molecule has 1 atom stereocenters. The van der Waals surface area contributed by atoms with Crippen LogP contribution in [0.3, 0.4) is 0 Å². The third-order valence-corrected chi connectivity index (χ3v) is 6.53. The van der Waals surface area contributed by atoms with E-state index in [0.29, 0.717) is 16.7 Å². The molecule has 6 nitrogen and oxygen atoms in total. The number of benzene rings is 3. The minimum Gasteiger partial charge on any atom is -0.487 e. The third-order valence-electron chi connectivity index (χ3n) is 6.53. The van der Waals surface area contributed by atoms with Crippen LogP contribution in [0.4, 0.5) is 13.2 Å². The Morgan fingerprint density at radius 1 is 1.03 bits per heavy atom. The molecule has 196 valence electrons. The van der Waals surface area contributed by atoms with E-state index in [-0.39, 0.29) is 23.8 Å². The van der Waals surface area contributed by atoms with Gasteiger partial charge in [0.25, 0.3) is 5.91 Å². The maximum atomic E-state index is 13.4. The van der Waals surface area contributed by atoms with Crippen molar-refractivity contribution < 1.29 is 37.0 Å². The summed E-state index contributed by atoms with van der Waals surface area (Å²) in [5.74, 6) is -0.960. The predicted octanol–water partition coefficient (Wildman–Crippen LogP) is 6.09. The number of alkyl halides is 3. The SMILES string of the molecule is COC(=O)[C@@H](NC(=O)c1ccc2ccc(C)cc2c1OCc1ccc(OC(F)(F)F)cc1)C1CCCC1. The molecule has 9 heteroatoms. The topological polar surface area (TPSA) is 73.9 Å². The first-order valence-corrected chi connectivity index (χ1v) is 12.0. The number of carbonyl (C=O) groups is 2. The lowest BCUT2D eigenvalue weighted by Gasteiger charge is -2.23. The fourth-order valence-corrected chi connectivity index (χ4v) is 4.69. The third kappa shape index (κ3) is 6.53. The van der Waals surface area contributed by atoms with E-state index in [9.17, 15) is 22.8 Å². The number of ether oxygens (including phenoxy) is 3. The van der Waals surface area contributed by atoms with Crippen molar-refractivity contribution in [2.45, 2.75) is 51.6 Å². The van der Waals surface area contributed by atoms with Crippen LogP contribution < -0.4 is 14.8 Å². The van der Waals surface area contributed by atoms with Crippen LogP contribution in [0.15, 0.2) is 54.6 Å². The van der Waals surface area contributed by atoms with E-state index in [1.807, 2.05) is 31.2 Å². The minimum atomic E-state index is -4.78. The second-order valence-corrected chi connectivity index (χ2v) is 9.17. The highest BCUT2D eigenvalue weighted by Gasteiger charge is 2.34. The zero-order valence-corrected chi connectivity index (χ0v) is 20.6. The van der Waals surface area contributed by atoms with Gasteiger partial charge < -0.3 is 19.5 Å². The highest BCUT2D eigenvalue weighted by atomic mass is 19.4. The van der Waals surface area contributed by atoms with E-state index in [1.54, 1.807) is 6.07 Å². The number of halogens is 3. The van der Waals surface area contributed by atoms with Crippen molar-refractivity contribution in [1.29, 1.82) is 0 Å². The molecule has 0 aromatic heterocycles. The molecule has 0 spiro atoms. The van der Waals surface area contributed by atoms with E-state index in [0.717, 1.165) is 36.6 Å². The Hall–Kier alpha value is -3.75. The molecule has 0 radical (unpaired) electrons. The average molecular weight is 516 g/mol. The number of hydrogen-bond donors (Lipinski definition) is 1. The Bertz CT molecular complexity index is 1270. The number of rotatable bonds is 8. The standard InChI is InChI=1S/C28H28F3NO5/c1-17-7-10-19-11-14-22(26(33)32-24(27(34)35-2)20-5-3-4-6-20)25(23(19)15-17)36-16-18-8-12-21(13-9-18)37-28(29,30)31/h7-15,20,24H,3-6,16H2,1-2H3,(H,32,33)/t24-/m0/s1. The van der Waals surface area contributed by atoms with Crippen molar-refractivity contribution in [3.63, 3.8) is 0 Å². The van der Waals surface area contributed by atoms with E-state index in [2.05, 4.69) is 10.1 Å². The van der Waals surface area contributed by atoms with Crippen molar-refractivity contribution in [2.24, 2.45) is 5.92 Å². The Kier molecular flexibility index (Phi) is 7.90. The largest absolute Gasteiger partial charge is 0.573 e. The number of carbonyl (C=O) groups excluding carboxylic acids is 2. The summed E-state index contributed by atoms with van der Waals surface area (Å²) in [6, 6.07) is 13.8. The van der Waals surface area contributed by atoms with Gasteiger partial charge in [-0.1, -0.05) is 48.7 Å². The first kappa shape index (κ1) is 26.3. The normalized spacial score (nSPS) is 14.8. The lowest BCUT2D eigenvalue weighted by molar-refractivity contribution is -0.274. The van der Waals surface area contributed by atoms with Crippen molar-refractivity contribution in [2.75, 3.05) is 7.11 Å². The van der Waals surface area contributed by atoms with E-state index in [4.69, 9.17) is 9.47 Å². The fourth-order valence-electron chi connectivity index (χ4n) is 4.69. The average Bonchev–Trinajstić information content (AvgIpc) is 3.39. The summed E-state index contributed by atoms with van der Waals surface area (Å²) < 4.78 is 52.4. The zero-order chi connectivity index (χ0) is 26.6. The van der Waals surface area contributed by atoms with Crippen molar-refractivity contribution in [1.82, 2.24) is 5.32 Å². The highest BCUT2D eigenvalue weighted by Crippen LogP contribution is 2.33. The second kappa shape index (κ2) is 11.1. The summed E-state index contributed by atoms with van der Waals surface area (Å²) >= 11 is 0. The molecule has 3 aromatic carbocycles. The lowest BCUT2D eigenvalue weighted by Crippen LogP contribution is -2.46. The van der Waals surface area contributed by atoms with Crippen LogP contribution >= 0.6 is 0 Å². The first-order chi connectivity index (χ1) is 17.6.